The van der Waals surface area contributed by atoms with Gasteiger partial charge in [-0.05, 0) is 30.0 Å². The molecule has 1 aromatic carbocycles. The largest absolute Gasteiger partial charge is 0.306 e. The van der Waals surface area contributed by atoms with Gasteiger partial charge < -0.3 is 4.57 Å². The summed E-state index contributed by atoms with van der Waals surface area (Å²) in [6, 6.07) is 8.66. The van der Waals surface area contributed by atoms with Crippen LogP contribution in [-0.4, -0.2) is 9.55 Å². The van der Waals surface area contributed by atoms with E-state index in [9.17, 15) is 0 Å². The molecule has 0 fully saturated rings. The topological polar surface area (TPSA) is 17.8 Å². The zero-order valence-corrected chi connectivity index (χ0v) is 11.2. The van der Waals surface area contributed by atoms with E-state index in [1.54, 1.807) is 6.20 Å². The molecule has 0 aliphatic heterocycles. The van der Waals surface area contributed by atoms with Gasteiger partial charge in [0.25, 0.3) is 0 Å². The van der Waals surface area contributed by atoms with Crippen molar-refractivity contribution in [1.82, 2.24) is 9.55 Å². The van der Waals surface area contributed by atoms with E-state index < -0.39 is 0 Å². The molecule has 0 bridgehead atoms. The summed E-state index contributed by atoms with van der Waals surface area (Å²) >= 11 is 0. The Balaban J connectivity index is 0.000000686. The minimum atomic E-state index is 0.712. The maximum Gasteiger partial charge on any atom is 0.0991 e. The standard InChI is InChI=1S/C13H16N2.C2H6/c1-11(2)9-12-3-5-13(6-4-12)15-8-7-14-10-15;1-2/h3-8,10-11H,9H2,1-2H3;1-2H3. The van der Waals surface area contributed by atoms with E-state index in [1.807, 2.05) is 30.9 Å². The van der Waals surface area contributed by atoms with Crippen LogP contribution in [0.4, 0.5) is 0 Å². The lowest BCUT2D eigenvalue weighted by Crippen LogP contribution is -1.95. The molecule has 0 aliphatic rings. The van der Waals surface area contributed by atoms with Crippen LogP contribution in [0.2, 0.25) is 0 Å². The fourth-order valence-electron chi connectivity index (χ4n) is 1.69. The molecule has 2 nitrogen and oxygen atoms in total. The molecule has 2 heteroatoms. The summed E-state index contributed by atoms with van der Waals surface area (Å²) in [4.78, 5) is 4.03. The monoisotopic (exact) mass is 230 g/mol. The van der Waals surface area contributed by atoms with E-state index in [4.69, 9.17) is 0 Å². The van der Waals surface area contributed by atoms with Gasteiger partial charge in [-0.25, -0.2) is 4.98 Å². The molecule has 2 rings (SSSR count). The Morgan fingerprint density at radius 1 is 1.12 bits per heavy atom. The number of benzene rings is 1. The Morgan fingerprint density at radius 2 is 1.76 bits per heavy atom. The van der Waals surface area contributed by atoms with Gasteiger partial charge in [0.1, 0.15) is 0 Å². The summed E-state index contributed by atoms with van der Waals surface area (Å²) in [5, 5.41) is 0. The number of hydrogen-bond donors (Lipinski definition) is 0. The molecular weight excluding hydrogens is 208 g/mol. The van der Waals surface area contributed by atoms with Crippen LogP contribution in [0.15, 0.2) is 43.0 Å². The molecule has 2 aromatic rings. The first-order chi connectivity index (χ1) is 8.25. The van der Waals surface area contributed by atoms with Crippen molar-refractivity contribution < 1.29 is 0 Å². The van der Waals surface area contributed by atoms with Gasteiger partial charge in [0.05, 0.1) is 6.33 Å². The zero-order chi connectivity index (χ0) is 12.7. The fourth-order valence-corrected chi connectivity index (χ4v) is 1.69. The third-order valence-corrected chi connectivity index (χ3v) is 2.38. The lowest BCUT2D eigenvalue weighted by molar-refractivity contribution is 0.647. The summed E-state index contributed by atoms with van der Waals surface area (Å²) in [5.41, 5.74) is 2.56. The third-order valence-electron chi connectivity index (χ3n) is 2.38. The first-order valence-corrected chi connectivity index (χ1v) is 6.33. The molecule has 0 amide bonds. The van der Waals surface area contributed by atoms with Crippen LogP contribution in [0.25, 0.3) is 5.69 Å². The zero-order valence-electron chi connectivity index (χ0n) is 11.2. The number of aromatic nitrogens is 2. The van der Waals surface area contributed by atoms with Crippen molar-refractivity contribution >= 4 is 0 Å². The molecule has 0 aliphatic carbocycles. The molecule has 92 valence electrons. The van der Waals surface area contributed by atoms with Crippen molar-refractivity contribution in [3.63, 3.8) is 0 Å². The predicted octanol–water partition coefficient (Wildman–Crippen LogP) is 4.10. The summed E-state index contributed by atoms with van der Waals surface area (Å²) in [6.45, 7) is 8.48. The number of rotatable bonds is 3. The van der Waals surface area contributed by atoms with E-state index in [2.05, 4.69) is 43.1 Å². The summed E-state index contributed by atoms with van der Waals surface area (Å²) in [5.74, 6) is 0.712. The lowest BCUT2D eigenvalue weighted by atomic mass is 10.0. The van der Waals surface area contributed by atoms with Gasteiger partial charge >= 0.3 is 0 Å². The van der Waals surface area contributed by atoms with E-state index in [0.29, 0.717) is 5.92 Å². The normalized spacial score (nSPS) is 9.94. The minimum Gasteiger partial charge on any atom is -0.306 e. The van der Waals surface area contributed by atoms with E-state index in [-0.39, 0.29) is 0 Å². The SMILES string of the molecule is CC.CC(C)Cc1ccc(-n2ccnc2)cc1. The molecule has 0 N–H and O–H groups in total. The molecule has 0 saturated heterocycles. The maximum atomic E-state index is 4.03. The second kappa shape index (κ2) is 6.89. The van der Waals surface area contributed by atoms with Crippen molar-refractivity contribution in [2.75, 3.05) is 0 Å². The quantitative estimate of drug-likeness (QED) is 0.776. The average molecular weight is 230 g/mol. The number of hydrogen-bond acceptors (Lipinski definition) is 1. The molecule has 0 atom stereocenters. The van der Waals surface area contributed by atoms with Crippen LogP contribution >= 0.6 is 0 Å². The van der Waals surface area contributed by atoms with Crippen molar-refractivity contribution in [1.29, 1.82) is 0 Å². The third kappa shape index (κ3) is 4.06. The van der Waals surface area contributed by atoms with Crippen molar-refractivity contribution in [2.24, 2.45) is 5.92 Å². The molecule has 1 heterocycles. The first kappa shape index (κ1) is 13.5. The second-order valence-electron chi connectivity index (χ2n) is 4.23. The van der Waals surface area contributed by atoms with Crippen LogP contribution in [0.3, 0.4) is 0 Å². The Labute approximate surface area is 104 Å². The lowest BCUT2D eigenvalue weighted by Gasteiger charge is -2.06. The van der Waals surface area contributed by atoms with Gasteiger partial charge in [-0.1, -0.05) is 39.8 Å². The minimum absolute atomic E-state index is 0.712. The van der Waals surface area contributed by atoms with Crippen LogP contribution < -0.4 is 0 Å². The highest BCUT2D eigenvalue weighted by atomic mass is 15.0. The molecule has 0 saturated carbocycles. The molecule has 0 spiro atoms. The molecule has 0 radical (unpaired) electrons. The highest BCUT2D eigenvalue weighted by molar-refractivity contribution is 5.34. The van der Waals surface area contributed by atoms with Crippen molar-refractivity contribution in [3.05, 3.63) is 48.5 Å². The van der Waals surface area contributed by atoms with Crippen molar-refractivity contribution in [3.8, 4) is 5.69 Å². The van der Waals surface area contributed by atoms with E-state index >= 15 is 0 Å². The molecule has 1 aromatic heterocycles. The summed E-state index contributed by atoms with van der Waals surface area (Å²) < 4.78 is 2.01. The fraction of sp³-hybridized carbons (Fsp3) is 0.400. The van der Waals surface area contributed by atoms with Gasteiger partial charge in [-0.2, -0.15) is 0 Å². The average Bonchev–Trinajstić information content (AvgIpc) is 2.85. The van der Waals surface area contributed by atoms with Gasteiger partial charge in [0.2, 0.25) is 0 Å². The Kier molecular flexibility index (Phi) is 5.47. The summed E-state index contributed by atoms with van der Waals surface area (Å²) in [6.07, 6.45) is 6.71. The van der Waals surface area contributed by atoms with Crippen LogP contribution in [0.1, 0.15) is 33.3 Å². The second-order valence-corrected chi connectivity index (χ2v) is 4.23. The Hall–Kier alpha value is -1.57. The highest BCUT2D eigenvalue weighted by Gasteiger charge is 1.98. The number of nitrogens with zero attached hydrogens (tertiary/aromatic N) is 2. The van der Waals surface area contributed by atoms with Gasteiger partial charge in [0, 0.05) is 18.1 Å². The Bertz CT molecular complexity index is 399. The van der Waals surface area contributed by atoms with Gasteiger partial charge in [-0.3, -0.25) is 0 Å². The summed E-state index contributed by atoms with van der Waals surface area (Å²) in [7, 11) is 0. The van der Waals surface area contributed by atoms with E-state index in [0.717, 1.165) is 6.42 Å². The van der Waals surface area contributed by atoms with Gasteiger partial charge in [0.15, 0.2) is 0 Å². The first-order valence-electron chi connectivity index (χ1n) is 6.33. The van der Waals surface area contributed by atoms with Crippen LogP contribution in [0.5, 0.6) is 0 Å². The van der Waals surface area contributed by atoms with Crippen LogP contribution in [-0.2, 0) is 6.42 Å². The Morgan fingerprint density at radius 3 is 2.24 bits per heavy atom. The van der Waals surface area contributed by atoms with Crippen LogP contribution in [0, 0.1) is 5.92 Å². The molecule has 0 unspecified atom stereocenters. The molecule has 17 heavy (non-hydrogen) atoms. The van der Waals surface area contributed by atoms with Crippen molar-refractivity contribution in [2.45, 2.75) is 34.1 Å². The smallest absolute Gasteiger partial charge is 0.0991 e. The number of imidazole rings is 1. The highest BCUT2D eigenvalue weighted by Crippen LogP contribution is 2.12. The molecular formula is C15H22N2. The van der Waals surface area contributed by atoms with Gasteiger partial charge in [-0.15, -0.1) is 0 Å². The van der Waals surface area contributed by atoms with E-state index in [1.165, 1.54) is 11.3 Å². The maximum absolute atomic E-state index is 4.03. The predicted molar refractivity (Wildman–Crippen MR) is 73.5 cm³/mol.